The molecule has 1 saturated heterocycles. The highest BCUT2D eigenvalue weighted by Gasteiger charge is 2.34. The Balaban J connectivity index is 1.76. The molecule has 0 aromatic heterocycles. The summed E-state index contributed by atoms with van der Waals surface area (Å²) in [4.78, 5) is 25.6. The summed E-state index contributed by atoms with van der Waals surface area (Å²) in [7, 11) is 0. The molecule has 0 radical (unpaired) electrons. The largest absolute Gasteiger partial charge is 0.492 e. The smallest absolute Gasteiger partial charge is 0.323 e. The Bertz CT molecular complexity index is 629. The number of fused-ring (bicyclic) bond motifs is 1. The fourth-order valence-electron chi connectivity index (χ4n) is 3.29. The van der Waals surface area contributed by atoms with Crippen molar-refractivity contribution in [3.63, 3.8) is 0 Å². The number of benzene rings is 1. The molecule has 0 saturated carbocycles. The van der Waals surface area contributed by atoms with Crippen LogP contribution >= 0.6 is 11.6 Å². The Morgan fingerprint density at radius 1 is 1.29 bits per heavy atom. The summed E-state index contributed by atoms with van der Waals surface area (Å²) < 4.78 is 11.0. The summed E-state index contributed by atoms with van der Waals surface area (Å²) in [5, 5.41) is 9.78. The highest BCUT2D eigenvalue weighted by molar-refractivity contribution is 6.30. The number of carbonyl (C=O) groups excluding carboxylic acids is 1. The minimum Gasteiger partial charge on any atom is -0.492 e. The van der Waals surface area contributed by atoms with Crippen LogP contribution in [0, 0.1) is 5.92 Å². The molecule has 1 aromatic rings. The van der Waals surface area contributed by atoms with E-state index >= 15 is 0 Å². The number of aliphatic carboxylic acids is 1. The number of rotatable bonds is 4. The number of carboxylic acid groups (broad SMARTS) is 1. The summed E-state index contributed by atoms with van der Waals surface area (Å²) in [6, 6.07) is 5.25. The van der Waals surface area contributed by atoms with Crippen molar-refractivity contribution in [2.24, 2.45) is 5.92 Å². The molecule has 6 nitrogen and oxygen atoms in total. The minimum atomic E-state index is -1.00. The van der Waals surface area contributed by atoms with Crippen LogP contribution in [0.3, 0.4) is 0 Å². The normalized spacial score (nSPS) is 20.8. The molecule has 3 rings (SSSR count). The zero-order chi connectivity index (χ0) is 17.1. The van der Waals surface area contributed by atoms with E-state index in [2.05, 4.69) is 0 Å². The van der Waals surface area contributed by atoms with Crippen molar-refractivity contribution in [1.29, 1.82) is 0 Å². The van der Waals surface area contributed by atoms with Gasteiger partial charge in [0.25, 0.3) is 0 Å². The van der Waals surface area contributed by atoms with Crippen LogP contribution in [0.25, 0.3) is 0 Å². The summed E-state index contributed by atoms with van der Waals surface area (Å²) in [6.07, 6.45) is 1.83. The molecule has 1 atom stereocenters. The van der Waals surface area contributed by atoms with Crippen LogP contribution in [0.4, 0.5) is 0 Å². The van der Waals surface area contributed by atoms with E-state index < -0.39 is 11.9 Å². The highest BCUT2D eigenvalue weighted by Crippen LogP contribution is 2.31. The molecule has 0 bridgehead atoms. The Hall–Kier alpha value is -1.79. The quantitative estimate of drug-likeness (QED) is 0.895. The molecule has 24 heavy (non-hydrogen) atoms. The van der Waals surface area contributed by atoms with Crippen molar-refractivity contribution in [1.82, 2.24) is 4.90 Å². The van der Waals surface area contributed by atoms with E-state index in [1.165, 1.54) is 4.90 Å². The molecule has 1 amide bonds. The maximum absolute atomic E-state index is 12.9. The lowest BCUT2D eigenvalue weighted by molar-refractivity contribution is -0.150. The van der Waals surface area contributed by atoms with Crippen LogP contribution in [0.1, 0.15) is 18.4 Å². The Kier molecular flexibility index (Phi) is 5.26. The van der Waals surface area contributed by atoms with E-state index in [9.17, 15) is 14.7 Å². The van der Waals surface area contributed by atoms with Gasteiger partial charge in [-0.2, -0.15) is 0 Å². The van der Waals surface area contributed by atoms with E-state index in [0.29, 0.717) is 37.5 Å². The van der Waals surface area contributed by atoms with Crippen LogP contribution in [0.2, 0.25) is 5.02 Å². The molecular formula is C17H20ClNO5. The number of nitrogens with zero attached hydrogens (tertiary/aromatic N) is 1. The van der Waals surface area contributed by atoms with E-state index in [1.807, 2.05) is 0 Å². The fourth-order valence-corrected chi connectivity index (χ4v) is 3.48. The lowest BCUT2D eigenvalue weighted by Gasteiger charge is -2.36. The van der Waals surface area contributed by atoms with Crippen LogP contribution in [0.15, 0.2) is 18.2 Å². The summed E-state index contributed by atoms with van der Waals surface area (Å²) in [6.45, 7) is 1.07. The van der Waals surface area contributed by atoms with Gasteiger partial charge in [0.1, 0.15) is 18.9 Å². The molecule has 1 unspecified atom stereocenters. The third kappa shape index (κ3) is 3.82. The topological polar surface area (TPSA) is 76.1 Å². The molecule has 130 valence electrons. The molecule has 2 aliphatic heterocycles. The first-order valence-electron chi connectivity index (χ1n) is 8.06. The van der Waals surface area contributed by atoms with E-state index in [0.717, 1.165) is 11.3 Å². The van der Waals surface area contributed by atoms with Gasteiger partial charge >= 0.3 is 5.97 Å². The number of hydrogen-bond acceptors (Lipinski definition) is 4. The fraction of sp³-hybridized carbons (Fsp3) is 0.529. The van der Waals surface area contributed by atoms with Crippen molar-refractivity contribution in [2.45, 2.75) is 25.3 Å². The van der Waals surface area contributed by atoms with Crippen LogP contribution in [-0.2, 0) is 20.7 Å². The van der Waals surface area contributed by atoms with Gasteiger partial charge in [0.2, 0.25) is 5.91 Å². The van der Waals surface area contributed by atoms with Crippen molar-refractivity contribution >= 4 is 23.5 Å². The summed E-state index contributed by atoms with van der Waals surface area (Å²) in [5.41, 5.74) is 0.884. The second kappa shape index (κ2) is 7.40. The monoisotopic (exact) mass is 353 g/mol. The molecular weight excluding hydrogens is 334 g/mol. The average Bonchev–Trinajstić information content (AvgIpc) is 2.59. The molecule has 0 spiro atoms. The third-order valence-corrected chi connectivity index (χ3v) is 4.73. The lowest BCUT2D eigenvalue weighted by Crippen LogP contribution is -2.50. The van der Waals surface area contributed by atoms with Gasteiger partial charge in [-0.25, -0.2) is 0 Å². The van der Waals surface area contributed by atoms with Crippen molar-refractivity contribution < 1.29 is 24.2 Å². The maximum atomic E-state index is 12.9. The second-order valence-electron chi connectivity index (χ2n) is 6.17. The standard InChI is InChI=1S/C17H20ClNO5/c18-13-1-2-15-11(8-13)7-12(10-24-15)17(22)19(9-16(20)21)14-3-5-23-6-4-14/h1-2,8,12,14H,3-7,9-10H2,(H,20,21). The van der Waals surface area contributed by atoms with Crippen molar-refractivity contribution in [3.8, 4) is 5.75 Å². The molecule has 1 N–H and O–H groups in total. The van der Waals surface area contributed by atoms with E-state index in [1.54, 1.807) is 18.2 Å². The predicted molar refractivity (Wildman–Crippen MR) is 87.3 cm³/mol. The second-order valence-corrected chi connectivity index (χ2v) is 6.60. The number of amides is 1. The molecule has 1 aromatic carbocycles. The van der Waals surface area contributed by atoms with Gasteiger partial charge in [-0.3, -0.25) is 9.59 Å². The Labute approximate surface area is 145 Å². The van der Waals surface area contributed by atoms with Gasteiger partial charge in [-0.1, -0.05) is 11.6 Å². The van der Waals surface area contributed by atoms with E-state index in [-0.39, 0.29) is 25.1 Å². The van der Waals surface area contributed by atoms with E-state index in [4.69, 9.17) is 21.1 Å². The first-order chi connectivity index (χ1) is 11.5. The van der Waals surface area contributed by atoms with Crippen LogP contribution in [0.5, 0.6) is 5.75 Å². The highest BCUT2D eigenvalue weighted by atomic mass is 35.5. The van der Waals surface area contributed by atoms with Gasteiger partial charge < -0.3 is 19.5 Å². The van der Waals surface area contributed by atoms with Gasteiger partial charge in [-0.05, 0) is 43.0 Å². The van der Waals surface area contributed by atoms with Crippen LogP contribution in [-0.4, -0.2) is 54.3 Å². The first kappa shape index (κ1) is 17.0. The zero-order valence-electron chi connectivity index (χ0n) is 13.2. The van der Waals surface area contributed by atoms with Gasteiger partial charge in [0.15, 0.2) is 0 Å². The van der Waals surface area contributed by atoms with Crippen LogP contribution < -0.4 is 4.74 Å². The van der Waals surface area contributed by atoms with Crippen molar-refractivity contribution in [2.75, 3.05) is 26.4 Å². The van der Waals surface area contributed by atoms with Gasteiger partial charge in [-0.15, -0.1) is 0 Å². The SMILES string of the molecule is O=C(O)CN(C(=O)C1COc2ccc(Cl)cc2C1)C1CCOCC1. The minimum absolute atomic E-state index is 0.0943. The van der Waals surface area contributed by atoms with Gasteiger partial charge in [0, 0.05) is 24.3 Å². The molecule has 1 fully saturated rings. The van der Waals surface area contributed by atoms with Gasteiger partial charge in [0.05, 0.1) is 5.92 Å². The Morgan fingerprint density at radius 2 is 2.04 bits per heavy atom. The number of ether oxygens (including phenoxy) is 2. The lowest BCUT2D eigenvalue weighted by atomic mass is 9.94. The molecule has 7 heteroatoms. The number of carboxylic acids is 1. The number of hydrogen-bond donors (Lipinski definition) is 1. The molecule has 2 heterocycles. The average molecular weight is 354 g/mol. The first-order valence-corrected chi connectivity index (χ1v) is 8.43. The predicted octanol–water partition coefficient (Wildman–Crippen LogP) is 1.98. The number of halogens is 1. The summed E-state index contributed by atoms with van der Waals surface area (Å²) >= 11 is 6.01. The molecule has 0 aliphatic carbocycles. The zero-order valence-corrected chi connectivity index (χ0v) is 14.0. The maximum Gasteiger partial charge on any atom is 0.323 e. The summed E-state index contributed by atoms with van der Waals surface area (Å²) in [5.74, 6) is -0.831. The number of carbonyl (C=O) groups is 2. The van der Waals surface area contributed by atoms with Crippen molar-refractivity contribution in [3.05, 3.63) is 28.8 Å². The molecule has 2 aliphatic rings. The Morgan fingerprint density at radius 3 is 2.75 bits per heavy atom. The third-order valence-electron chi connectivity index (χ3n) is 4.50.